The van der Waals surface area contributed by atoms with E-state index in [0.717, 1.165) is 12.4 Å². The van der Waals surface area contributed by atoms with Crippen molar-refractivity contribution in [2.45, 2.75) is 64.7 Å². The first kappa shape index (κ1) is 15.1. The second-order valence-electron chi connectivity index (χ2n) is 4.99. The molecule has 0 aromatic heterocycles. The third kappa shape index (κ3) is 8.16. The van der Waals surface area contributed by atoms with E-state index in [2.05, 4.69) is 6.92 Å². The van der Waals surface area contributed by atoms with Gasteiger partial charge in [-0.15, -0.1) is 0 Å². The van der Waals surface area contributed by atoms with Crippen LogP contribution in [0.4, 0.5) is 0 Å². The molecule has 0 heterocycles. The first-order valence-corrected chi connectivity index (χ1v) is 7.61. The minimum absolute atomic E-state index is 0.861. The smallest absolute Gasteiger partial charge is 0.119 e. The molecule has 0 spiro atoms. The second kappa shape index (κ2) is 11.1. The SMILES string of the molecule is CCCCCCCCCCCOc1ccccc1. The fourth-order valence-corrected chi connectivity index (χ4v) is 2.12. The number of para-hydroxylation sites is 1. The van der Waals surface area contributed by atoms with E-state index in [1.165, 1.54) is 57.8 Å². The second-order valence-corrected chi connectivity index (χ2v) is 4.99. The normalized spacial score (nSPS) is 10.5. The highest BCUT2D eigenvalue weighted by Crippen LogP contribution is 2.11. The monoisotopic (exact) mass is 248 g/mol. The van der Waals surface area contributed by atoms with Crippen LogP contribution in [-0.4, -0.2) is 6.61 Å². The fraction of sp³-hybridized carbons (Fsp3) is 0.647. The Bertz CT molecular complexity index is 268. The van der Waals surface area contributed by atoms with Gasteiger partial charge in [0.2, 0.25) is 0 Å². The summed E-state index contributed by atoms with van der Waals surface area (Å²) < 4.78 is 5.67. The molecule has 1 aromatic carbocycles. The maximum Gasteiger partial charge on any atom is 0.119 e. The van der Waals surface area contributed by atoms with Crippen molar-refractivity contribution in [1.29, 1.82) is 0 Å². The zero-order valence-electron chi connectivity index (χ0n) is 11.9. The molecule has 0 fully saturated rings. The Morgan fingerprint density at radius 3 is 1.89 bits per heavy atom. The maximum atomic E-state index is 5.67. The molecule has 0 aliphatic rings. The number of hydrogen-bond donors (Lipinski definition) is 0. The molecule has 18 heavy (non-hydrogen) atoms. The molecule has 1 aromatic rings. The van der Waals surface area contributed by atoms with Gasteiger partial charge < -0.3 is 4.74 Å². The Hall–Kier alpha value is -0.980. The average molecular weight is 248 g/mol. The van der Waals surface area contributed by atoms with Gasteiger partial charge in [0.05, 0.1) is 6.61 Å². The van der Waals surface area contributed by atoms with Crippen molar-refractivity contribution in [2.75, 3.05) is 6.61 Å². The lowest BCUT2D eigenvalue weighted by atomic mass is 10.1. The van der Waals surface area contributed by atoms with Crippen LogP contribution in [0.2, 0.25) is 0 Å². The number of rotatable bonds is 11. The van der Waals surface area contributed by atoms with Crippen molar-refractivity contribution in [3.8, 4) is 5.75 Å². The van der Waals surface area contributed by atoms with Gasteiger partial charge in [0.15, 0.2) is 0 Å². The van der Waals surface area contributed by atoms with Gasteiger partial charge in [-0.25, -0.2) is 0 Å². The van der Waals surface area contributed by atoms with E-state index in [9.17, 15) is 0 Å². The largest absolute Gasteiger partial charge is 0.494 e. The molecular weight excluding hydrogens is 220 g/mol. The molecule has 0 aliphatic carbocycles. The molecule has 0 saturated heterocycles. The summed E-state index contributed by atoms with van der Waals surface area (Å²) in [6.45, 7) is 3.13. The molecule has 0 saturated carbocycles. The van der Waals surface area contributed by atoms with Crippen molar-refractivity contribution in [3.05, 3.63) is 30.3 Å². The van der Waals surface area contributed by atoms with E-state index in [1.807, 2.05) is 30.3 Å². The van der Waals surface area contributed by atoms with E-state index >= 15 is 0 Å². The van der Waals surface area contributed by atoms with E-state index in [1.54, 1.807) is 0 Å². The summed E-state index contributed by atoms with van der Waals surface area (Å²) >= 11 is 0. The molecule has 0 bridgehead atoms. The summed E-state index contributed by atoms with van der Waals surface area (Å²) in [4.78, 5) is 0. The van der Waals surface area contributed by atoms with Crippen LogP contribution >= 0.6 is 0 Å². The third-order valence-electron chi connectivity index (χ3n) is 3.26. The van der Waals surface area contributed by atoms with Crippen LogP contribution in [0.3, 0.4) is 0 Å². The molecule has 1 nitrogen and oxygen atoms in total. The average Bonchev–Trinajstić information content (AvgIpc) is 2.42. The first-order valence-electron chi connectivity index (χ1n) is 7.61. The summed E-state index contributed by atoms with van der Waals surface area (Å²) in [5.74, 6) is 0.997. The quantitative estimate of drug-likeness (QED) is 0.463. The van der Waals surface area contributed by atoms with Crippen LogP contribution in [0.5, 0.6) is 5.75 Å². The summed E-state index contributed by atoms with van der Waals surface area (Å²) in [6.07, 6.45) is 12.3. The zero-order chi connectivity index (χ0) is 12.9. The Kier molecular flexibility index (Phi) is 9.32. The standard InChI is InChI=1S/C17H28O/c1-2-3-4-5-6-7-8-9-13-16-18-17-14-11-10-12-15-17/h10-12,14-15H,2-9,13,16H2,1H3. The third-order valence-corrected chi connectivity index (χ3v) is 3.26. The van der Waals surface area contributed by atoms with Gasteiger partial charge in [-0.1, -0.05) is 76.5 Å². The summed E-state index contributed by atoms with van der Waals surface area (Å²) in [5.41, 5.74) is 0. The predicted molar refractivity (Wildman–Crippen MR) is 79.2 cm³/mol. The van der Waals surface area contributed by atoms with E-state index in [0.29, 0.717) is 0 Å². The minimum atomic E-state index is 0.861. The highest BCUT2D eigenvalue weighted by molar-refractivity contribution is 5.20. The van der Waals surface area contributed by atoms with E-state index in [4.69, 9.17) is 4.74 Å². The van der Waals surface area contributed by atoms with Crippen LogP contribution in [0.15, 0.2) is 30.3 Å². The molecular formula is C17H28O. The van der Waals surface area contributed by atoms with Gasteiger partial charge in [0.1, 0.15) is 5.75 Å². The molecule has 0 unspecified atom stereocenters. The van der Waals surface area contributed by atoms with Gasteiger partial charge in [0.25, 0.3) is 0 Å². The number of ether oxygens (including phenoxy) is 1. The number of hydrogen-bond acceptors (Lipinski definition) is 1. The van der Waals surface area contributed by atoms with Crippen molar-refractivity contribution in [1.82, 2.24) is 0 Å². The van der Waals surface area contributed by atoms with Crippen LogP contribution in [0.1, 0.15) is 64.7 Å². The molecule has 0 aliphatic heterocycles. The van der Waals surface area contributed by atoms with Gasteiger partial charge >= 0.3 is 0 Å². The van der Waals surface area contributed by atoms with Crippen LogP contribution in [0, 0.1) is 0 Å². The molecule has 0 radical (unpaired) electrons. The molecule has 102 valence electrons. The van der Waals surface area contributed by atoms with E-state index in [-0.39, 0.29) is 0 Å². The minimum Gasteiger partial charge on any atom is -0.494 e. The number of benzene rings is 1. The van der Waals surface area contributed by atoms with Crippen molar-refractivity contribution in [2.24, 2.45) is 0 Å². The van der Waals surface area contributed by atoms with Gasteiger partial charge in [-0.3, -0.25) is 0 Å². The Labute approximate surface area is 113 Å². The predicted octanol–water partition coefficient (Wildman–Crippen LogP) is 5.60. The van der Waals surface area contributed by atoms with Crippen molar-refractivity contribution < 1.29 is 4.74 Å². The summed E-state index contributed by atoms with van der Waals surface area (Å²) in [6, 6.07) is 10.1. The Morgan fingerprint density at radius 2 is 1.28 bits per heavy atom. The molecule has 0 N–H and O–H groups in total. The van der Waals surface area contributed by atoms with Crippen LogP contribution in [0.25, 0.3) is 0 Å². The zero-order valence-corrected chi connectivity index (χ0v) is 11.9. The summed E-state index contributed by atoms with van der Waals surface area (Å²) in [5, 5.41) is 0. The van der Waals surface area contributed by atoms with E-state index < -0.39 is 0 Å². The Balaban J connectivity index is 1.82. The Morgan fingerprint density at radius 1 is 0.722 bits per heavy atom. The lowest BCUT2D eigenvalue weighted by Gasteiger charge is -2.05. The maximum absolute atomic E-state index is 5.67. The van der Waals surface area contributed by atoms with Gasteiger partial charge in [-0.05, 0) is 18.6 Å². The molecule has 0 amide bonds. The van der Waals surface area contributed by atoms with Crippen molar-refractivity contribution >= 4 is 0 Å². The summed E-state index contributed by atoms with van der Waals surface area (Å²) in [7, 11) is 0. The molecule has 0 atom stereocenters. The van der Waals surface area contributed by atoms with Gasteiger partial charge in [0, 0.05) is 0 Å². The van der Waals surface area contributed by atoms with Crippen molar-refractivity contribution in [3.63, 3.8) is 0 Å². The first-order chi connectivity index (χ1) is 8.93. The van der Waals surface area contributed by atoms with Crippen LogP contribution in [-0.2, 0) is 0 Å². The van der Waals surface area contributed by atoms with Crippen LogP contribution < -0.4 is 4.74 Å². The topological polar surface area (TPSA) is 9.23 Å². The molecule has 1 heteroatoms. The molecule has 1 rings (SSSR count). The number of unbranched alkanes of at least 4 members (excludes halogenated alkanes) is 8. The fourth-order valence-electron chi connectivity index (χ4n) is 2.12. The lowest BCUT2D eigenvalue weighted by molar-refractivity contribution is 0.304. The highest BCUT2D eigenvalue weighted by atomic mass is 16.5. The lowest BCUT2D eigenvalue weighted by Crippen LogP contribution is -1.96. The van der Waals surface area contributed by atoms with Gasteiger partial charge in [-0.2, -0.15) is 0 Å². The highest BCUT2D eigenvalue weighted by Gasteiger charge is 1.93.